The van der Waals surface area contributed by atoms with Crippen LogP contribution in [0, 0.1) is 11.8 Å². The van der Waals surface area contributed by atoms with E-state index in [4.69, 9.17) is 24.5 Å². The molecule has 0 spiro atoms. The van der Waals surface area contributed by atoms with E-state index in [9.17, 15) is 5.53 Å². The molecule has 2 aromatic carbocycles. The summed E-state index contributed by atoms with van der Waals surface area (Å²) in [7, 11) is 3.90. The first kappa shape index (κ1) is 31.7. The topological polar surface area (TPSA) is 158 Å². The Hall–Kier alpha value is -3.18. The Morgan fingerprint density at radius 1 is 0.810 bits per heavy atom. The lowest BCUT2D eigenvalue weighted by Gasteiger charge is -2.49. The molecule has 42 heavy (non-hydrogen) atoms. The molecule has 1 aliphatic carbocycles. The largest absolute Gasteiger partial charge is 0.370 e. The maximum absolute atomic E-state index is 9.67. The van der Waals surface area contributed by atoms with Gasteiger partial charge in [-0.25, -0.2) is 0 Å². The summed E-state index contributed by atoms with van der Waals surface area (Å²) in [6.07, 6.45) is -2.45. The van der Waals surface area contributed by atoms with Crippen molar-refractivity contribution in [1.29, 1.82) is 0 Å². The van der Waals surface area contributed by atoms with Crippen molar-refractivity contribution in [2.24, 2.45) is 22.1 Å². The van der Waals surface area contributed by atoms with Gasteiger partial charge < -0.3 is 29.6 Å². The third-order valence-corrected chi connectivity index (χ3v) is 8.61. The molecular weight excluding hydrogens is 536 g/mol. The van der Waals surface area contributed by atoms with Gasteiger partial charge >= 0.3 is 0 Å². The molecule has 1 aliphatic heterocycles. The van der Waals surface area contributed by atoms with Crippen LogP contribution >= 0.6 is 0 Å². The van der Waals surface area contributed by atoms with Crippen LogP contribution in [0.1, 0.15) is 31.4 Å². The van der Waals surface area contributed by atoms with Gasteiger partial charge in [0.05, 0.1) is 32.0 Å². The zero-order valence-electron chi connectivity index (χ0n) is 24.7. The number of ether oxygens (including phenoxy) is 4. The number of likely N-dealkylation sites (N-methyl/N-ethyl adjacent to an activating group) is 1. The predicted octanol–water partition coefficient (Wildman–Crippen LogP) is 5.11. The average Bonchev–Trinajstić information content (AvgIpc) is 3.02. The summed E-state index contributed by atoms with van der Waals surface area (Å²) in [5.41, 5.74) is 20.8. The minimum atomic E-state index is -0.946. The Kier molecular flexibility index (Phi) is 12.0. The number of hydrogen-bond acceptors (Lipinski definition) is 8. The maximum atomic E-state index is 9.67. The second kappa shape index (κ2) is 15.9. The highest BCUT2D eigenvalue weighted by Gasteiger charge is 2.50. The van der Waals surface area contributed by atoms with Crippen LogP contribution in [-0.2, 0) is 32.2 Å². The molecule has 226 valence electrons. The van der Waals surface area contributed by atoms with E-state index in [2.05, 4.69) is 44.5 Å². The van der Waals surface area contributed by atoms with E-state index in [1.807, 2.05) is 74.8 Å². The smallest absolute Gasteiger partial charge is 0.169 e. The van der Waals surface area contributed by atoms with Crippen LogP contribution in [0.15, 0.2) is 70.9 Å². The second-order valence-corrected chi connectivity index (χ2v) is 11.0. The van der Waals surface area contributed by atoms with Crippen LogP contribution in [0.3, 0.4) is 0 Å². The van der Waals surface area contributed by atoms with E-state index in [1.165, 1.54) is 0 Å². The van der Waals surface area contributed by atoms with Crippen molar-refractivity contribution >= 4 is 0 Å². The summed E-state index contributed by atoms with van der Waals surface area (Å²) in [4.78, 5) is 6.14. The lowest BCUT2D eigenvalue weighted by Crippen LogP contribution is -2.63. The highest BCUT2D eigenvalue weighted by Crippen LogP contribution is 2.37. The lowest BCUT2D eigenvalue weighted by atomic mass is 9.73. The van der Waals surface area contributed by atoms with Crippen molar-refractivity contribution in [3.63, 3.8) is 0 Å². The van der Waals surface area contributed by atoms with Gasteiger partial charge in [0.1, 0.15) is 18.2 Å². The summed E-state index contributed by atoms with van der Waals surface area (Å²) >= 11 is 0. The lowest BCUT2D eigenvalue weighted by molar-refractivity contribution is -0.295. The standard InChI is InChI=1S/C30H42N8O4/c1-19-20(2)27(24(34-4)15-23(19)33-3)42-30-26(36-38-32)29(40-18-22-13-9-6-10-14-22)28(25(41-30)16-35-37-31)39-17-21-11-7-5-8-12-21/h5-14,19-20,23-30,33-34H,15-18H2,1-4H3/t19?,20-,23-,24?,25?,26?,27-,28+,29-,30+/m1/s1. The Bertz CT molecular complexity index is 1190. The van der Waals surface area contributed by atoms with Gasteiger partial charge in [0, 0.05) is 21.9 Å². The highest BCUT2D eigenvalue weighted by atomic mass is 16.7. The summed E-state index contributed by atoms with van der Waals surface area (Å²) in [6, 6.07) is 19.0. The fourth-order valence-corrected chi connectivity index (χ4v) is 6.07. The highest BCUT2D eigenvalue weighted by molar-refractivity contribution is 5.15. The van der Waals surface area contributed by atoms with Crippen LogP contribution in [0.5, 0.6) is 0 Å². The number of nitrogens with one attached hydrogen (secondary N) is 2. The molecule has 4 rings (SSSR count). The van der Waals surface area contributed by atoms with Gasteiger partial charge in [-0.05, 0) is 54.5 Å². The summed E-state index contributed by atoms with van der Waals surface area (Å²) < 4.78 is 26.1. The first-order valence-electron chi connectivity index (χ1n) is 14.5. The monoisotopic (exact) mass is 578 g/mol. The van der Waals surface area contributed by atoms with E-state index >= 15 is 0 Å². The molecule has 2 N–H and O–H groups in total. The maximum Gasteiger partial charge on any atom is 0.169 e. The quantitative estimate of drug-likeness (QED) is 0.191. The first-order chi connectivity index (χ1) is 20.5. The van der Waals surface area contributed by atoms with Crippen molar-refractivity contribution in [3.05, 3.63) is 92.7 Å². The van der Waals surface area contributed by atoms with Gasteiger partial charge in [0.15, 0.2) is 6.29 Å². The van der Waals surface area contributed by atoms with E-state index in [1.54, 1.807) is 0 Å². The third kappa shape index (κ3) is 7.80. The molecule has 12 nitrogen and oxygen atoms in total. The van der Waals surface area contributed by atoms with E-state index in [0.29, 0.717) is 12.0 Å². The van der Waals surface area contributed by atoms with Gasteiger partial charge in [0.2, 0.25) is 0 Å². The Morgan fingerprint density at radius 3 is 1.95 bits per heavy atom. The van der Waals surface area contributed by atoms with E-state index < -0.39 is 30.6 Å². The molecule has 1 saturated heterocycles. The number of azide groups is 2. The summed E-state index contributed by atoms with van der Waals surface area (Å²) in [6.45, 7) is 4.91. The van der Waals surface area contributed by atoms with Gasteiger partial charge in [0.25, 0.3) is 0 Å². The summed E-state index contributed by atoms with van der Waals surface area (Å²) in [5.74, 6) is 0.493. The van der Waals surface area contributed by atoms with Gasteiger partial charge in [-0.3, -0.25) is 0 Å². The Balaban J connectivity index is 1.66. The molecular formula is C30H42N8O4. The predicted molar refractivity (Wildman–Crippen MR) is 159 cm³/mol. The molecule has 0 amide bonds. The van der Waals surface area contributed by atoms with Gasteiger partial charge in [-0.15, -0.1) is 0 Å². The van der Waals surface area contributed by atoms with Crippen molar-refractivity contribution in [2.75, 3.05) is 20.6 Å². The number of rotatable bonds is 13. The van der Waals surface area contributed by atoms with Crippen LogP contribution in [0.25, 0.3) is 20.9 Å². The second-order valence-electron chi connectivity index (χ2n) is 11.0. The summed E-state index contributed by atoms with van der Waals surface area (Å²) in [5, 5.41) is 14.8. The van der Waals surface area contributed by atoms with E-state index in [0.717, 1.165) is 17.5 Å². The number of hydrogen-bond donors (Lipinski definition) is 2. The molecule has 0 aromatic heterocycles. The van der Waals surface area contributed by atoms with Crippen LogP contribution < -0.4 is 10.6 Å². The molecule has 4 unspecified atom stereocenters. The SMILES string of the molecule is CNC1C[C@@H](NC)C(C)[C@@H](C)[C@H]1O[C@@H]1OC(CN=[N+]=[N-])[C@H](OCc2ccccc2)[C@H](OCc2ccccc2)C1N=[N+]=[N-]. The number of benzene rings is 2. The van der Waals surface area contributed by atoms with Crippen molar-refractivity contribution < 1.29 is 18.9 Å². The molecule has 0 radical (unpaired) electrons. The minimum absolute atomic E-state index is 0.00207. The van der Waals surface area contributed by atoms with Gasteiger partial charge in [-0.1, -0.05) is 84.7 Å². The van der Waals surface area contributed by atoms with Crippen LogP contribution in [-0.4, -0.2) is 69.5 Å². The van der Waals surface area contributed by atoms with Crippen molar-refractivity contribution in [3.8, 4) is 0 Å². The molecule has 2 aliphatic rings. The average molecular weight is 579 g/mol. The molecule has 12 heteroatoms. The normalized spacial score (nSPS) is 32.9. The zero-order chi connectivity index (χ0) is 29.9. The molecule has 0 bridgehead atoms. The molecule has 1 saturated carbocycles. The fraction of sp³-hybridized carbons (Fsp3) is 0.600. The molecule has 10 atom stereocenters. The Labute approximate surface area is 247 Å². The van der Waals surface area contributed by atoms with Crippen molar-refractivity contribution in [2.45, 2.75) is 82.3 Å². The van der Waals surface area contributed by atoms with Crippen LogP contribution in [0.2, 0.25) is 0 Å². The fourth-order valence-electron chi connectivity index (χ4n) is 6.07. The minimum Gasteiger partial charge on any atom is -0.370 e. The van der Waals surface area contributed by atoms with Gasteiger partial charge in [-0.2, -0.15) is 0 Å². The number of nitrogens with zero attached hydrogens (tertiary/aromatic N) is 6. The zero-order valence-corrected chi connectivity index (χ0v) is 24.7. The first-order valence-corrected chi connectivity index (χ1v) is 14.5. The molecule has 1 heterocycles. The third-order valence-electron chi connectivity index (χ3n) is 8.61. The van der Waals surface area contributed by atoms with Crippen LogP contribution in [0.4, 0.5) is 0 Å². The molecule has 2 fully saturated rings. The van der Waals surface area contributed by atoms with Crippen molar-refractivity contribution in [1.82, 2.24) is 10.6 Å². The Morgan fingerprint density at radius 2 is 1.40 bits per heavy atom. The molecule has 2 aromatic rings. The van der Waals surface area contributed by atoms with E-state index in [-0.39, 0.29) is 37.8 Å².